The fourth-order valence-electron chi connectivity index (χ4n) is 8.33. The van der Waals surface area contributed by atoms with Crippen LogP contribution in [-0.2, 0) is 35.6 Å². The number of amides is 4. The molecule has 5 aliphatic rings. The van der Waals surface area contributed by atoms with Gasteiger partial charge in [0.2, 0.25) is 33.6 Å². The van der Waals surface area contributed by atoms with E-state index in [1.807, 2.05) is 43.3 Å². The van der Waals surface area contributed by atoms with Crippen LogP contribution >= 0.6 is 0 Å². The van der Waals surface area contributed by atoms with Crippen LogP contribution in [0.5, 0.6) is 11.8 Å². The second-order valence-corrected chi connectivity index (χ2v) is 20.0. The summed E-state index contributed by atoms with van der Waals surface area (Å²) in [6, 6.07) is 5.58. The topological polar surface area (TPSA) is 182 Å². The molecule has 0 spiro atoms. The van der Waals surface area contributed by atoms with Gasteiger partial charge in [0.1, 0.15) is 29.3 Å². The number of fused-ring (bicyclic) bond motifs is 5. The monoisotopic (exact) mass is 793 g/mol. The van der Waals surface area contributed by atoms with Crippen molar-refractivity contribution in [3.63, 3.8) is 0 Å². The predicted octanol–water partition coefficient (Wildman–Crippen LogP) is 4.69. The summed E-state index contributed by atoms with van der Waals surface area (Å²) in [6.07, 6.45) is 7.24. The molecule has 0 bridgehead atoms. The summed E-state index contributed by atoms with van der Waals surface area (Å²) >= 11 is 0. The van der Waals surface area contributed by atoms with Gasteiger partial charge in [0.05, 0.1) is 17.9 Å². The Morgan fingerprint density at radius 3 is 2.54 bits per heavy atom. The van der Waals surface area contributed by atoms with Crippen molar-refractivity contribution in [3.8, 4) is 11.8 Å². The molecule has 0 radical (unpaired) electrons. The largest absolute Gasteiger partial charge is 0.477 e. The Labute approximate surface area is 328 Å². The zero-order valence-corrected chi connectivity index (χ0v) is 34.0. The van der Waals surface area contributed by atoms with Gasteiger partial charge < -0.3 is 29.7 Å². The molecule has 1 aromatic heterocycles. The number of benzene rings is 1. The van der Waals surface area contributed by atoms with E-state index in [1.165, 1.54) is 4.90 Å². The molecule has 3 N–H and O–H groups in total. The molecule has 14 nitrogen and oxygen atoms in total. The third-order valence-corrected chi connectivity index (χ3v) is 14.1. The molecule has 2 aromatic rings. The van der Waals surface area contributed by atoms with Crippen molar-refractivity contribution in [2.45, 2.75) is 133 Å². The summed E-state index contributed by atoms with van der Waals surface area (Å²) < 4.78 is 45.8. The molecule has 7 atom stereocenters. The summed E-state index contributed by atoms with van der Waals surface area (Å²) in [4.78, 5) is 62.8. The number of nitrogens with zero attached hydrogens (tertiary/aromatic N) is 2. The molecule has 56 heavy (non-hydrogen) atoms. The Balaban J connectivity index is 1.24. The summed E-state index contributed by atoms with van der Waals surface area (Å²) in [5.41, 5.74) is -1.35. The normalized spacial score (nSPS) is 30.3. The first-order valence-electron chi connectivity index (χ1n) is 20.0. The van der Waals surface area contributed by atoms with Crippen molar-refractivity contribution in [1.82, 2.24) is 25.2 Å². The van der Waals surface area contributed by atoms with Crippen LogP contribution in [-0.4, -0.2) is 89.3 Å². The molecule has 4 heterocycles. The van der Waals surface area contributed by atoms with Crippen molar-refractivity contribution in [2.24, 2.45) is 17.8 Å². The number of hydrogen-bond acceptors (Lipinski definition) is 10. The summed E-state index contributed by atoms with van der Waals surface area (Å²) in [7, 11) is -4.00. The van der Waals surface area contributed by atoms with Crippen molar-refractivity contribution < 1.29 is 41.8 Å². The number of alkyl carbamates (subject to hydrolysis) is 1. The summed E-state index contributed by atoms with van der Waals surface area (Å²) in [6.45, 7) is 11.3. The van der Waals surface area contributed by atoms with Crippen LogP contribution in [0.25, 0.3) is 10.8 Å². The second kappa shape index (κ2) is 14.8. The number of rotatable bonds is 6. The van der Waals surface area contributed by atoms with Gasteiger partial charge in [-0.25, -0.2) is 13.2 Å². The van der Waals surface area contributed by atoms with Crippen molar-refractivity contribution in [1.29, 1.82) is 0 Å². The zero-order valence-electron chi connectivity index (χ0n) is 33.2. The lowest BCUT2D eigenvalue weighted by Crippen LogP contribution is -2.59. The number of ether oxygens (including phenoxy) is 3. The van der Waals surface area contributed by atoms with E-state index in [2.05, 4.69) is 22.3 Å². The van der Waals surface area contributed by atoms with Gasteiger partial charge in [-0.2, -0.15) is 4.98 Å². The lowest BCUT2D eigenvalue weighted by molar-refractivity contribution is -0.142. The van der Waals surface area contributed by atoms with Gasteiger partial charge in [-0.1, -0.05) is 44.2 Å². The minimum absolute atomic E-state index is 0.0189. The average molecular weight is 794 g/mol. The highest BCUT2D eigenvalue weighted by Crippen LogP contribution is 2.48. The molecule has 1 aromatic carbocycles. The molecule has 2 saturated carbocycles. The van der Waals surface area contributed by atoms with E-state index in [0.717, 1.165) is 35.6 Å². The van der Waals surface area contributed by atoms with Crippen molar-refractivity contribution >= 4 is 44.6 Å². The lowest BCUT2D eigenvalue weighted by atomic mass is 9.88. The van der Waals surface area contributed by atoms with E-state index in [0.29, 0.717) is 44.1 Å². The number of aromatic nitrogens is 1. The Kier molecular flexibility index (Phi) is 10.5. The van der Waals surface area contributed by atoms with Gasteiger partial charge >= 0.3 is 6.09 Å². The first kappa shape index (κ1) is 39.8. The van der Waals surface area contributed by atoms with Gasteiger partial charge in [-0.3, -0.25) is 19.1 Å². The van der Waals surface area contributed by atoms with E-state index < -0.39 is 73.8 Å². The molecule has 3 aliphatic heterocycles. The quantitative estimate of drug-likeness (QED) is 0.347. The maximum atomic E-state index is 14.9. The van der Waals surface area contributed by atoms with E-state index >= 15 is 0 Å². The van der Waals surface area contributed by atoms with E-state index in [1.54, 1.807) is 27.7 Å². The number of carbonyl (C=O) groups is 4. The van der Waals surface area contributed by atoms with E-state index in [-0.39, 0.29) is 31.2 Å². The van der Waals surface area contributed by atoms with Crippen LogP contribution < -0.4 is 24.8 Å². The average Bonchev–Trinajstić information content (AvgIpc) is 4.01. The van der Waals surface area contributed by atoms with Crippen LogP contribution in [0.3, 0.4) is 0 Å². The van der Waals surface area contributed by atoms with E-state index in [4.69, 9.17) is 19.2 Å². The van der Waals surface area contributed by atoms with Crippen LogP contribution in [0.15, 0.2) is 36.4 Å². The zero-order chi connectivity index (χ0) is 40.2. The Morgan fingerprint density at radius 1 is 1.09 bits per heavy atom. The van der Waals surface area contributed by atoms with E-state index in [9.17, 15) is 27.6 Å². The number of aryl methyl sites for hydroxylation is 1. The fraction of sp³-hybridized carbons (Fsp3) is 0.634. The first-order chi connectivity index (χ1) is 26.4. The minimum Gasteiger partial charge on any atom is -0.477 e. The molecule has 4 amide bonds. The number of allylic oxidation sites excluding steroid dienone is 1. The number of pyridine rings is 1. The highest BCUT2D eigenvalue weighted by Gasteiger charge is 2.63. The number of sulfonamides is 1. The highest BCUT2D eigenvalue weighted by molar-refractivity contribution is 7.91. The van der Waals surface area contributed by atoms with Crippen LogP contribution in [0, 0.1) is 17.8 Å². The van der Waals surface area contributed by atoms with Crippen LogP contribution in [0.2, 0.25) is 0 Å². The SMILES string of the molecule is CC1CCC=CC2CC2(C(=O)NS(=O)(=O)C2(C)CC2)NC(=O)C2CC(Oc3nc4c(c5ccccc35)CCCO4)CN2C(=O)C(NC(=O)OC(C)(C)C)C(C)C1. The van der Waals surface area contributed by atoms with Gasteiger partial charge in [0.15, 0.2) is 0 Å². The fourth-order valence-corrected chi connectivity index (χ4v) is 9.64. The molecule has 7 rings (SSSR count). The predicted molar refractivity (Wildman–Crippen MR) is 208 cm³/mol. The molecule has 7 unspecified atom stereocenters. The maximum Gasteiger partial charge on any atom is 0.408 e. The number of carbonyl (C=O) groups excluding carboxylic acids is 4. The molecular formula is C41H55N5O9S. The summed E-state index contributed by atoms with van der Waals surface area (Å²) in [5, 5.41) is 7.48. The Morgan fingerprint density at radius 2 is 1.82 bits per heavy atom. The molecular weight excluding hydrogens is 739 g/mol. The minimum atomic E-state index is -4.00. The number of nitrogens with one attached hydrogen (secondary N) is 3. The Bertz CT molecular complexity index is 2040. The third-order valence-electron chi connectivity index (χ3n) is 12.0. The third kappa shape index (κ3) is 8.05. The standard InChI is InChI=1S/C41H55N5O9S/c1-24-12-7-8-13-26-22-41(26,37(49)45-56(51,52)40(6)17-18-40)44-33(47)31-21-27(23-46(31)36(48)32(25(2)20-24)42-38(50)55-39(3,4)5)54-35-30-15-10-9-14-28(30)29-16-11-19-53-34(29)43-35/h8-10,13-15,24-27,31-32H,7,11-12,16-23H2,1-6H3,(H,42,50)(H,44,47)(H,45,49). The lowest BCUT2D eigenvalue weighted by Gasteiger charge is -2.33. The molecule has 3 fully saturated rings. The Hall–Kier alpha value is -4.40. The highest BCUT2D eigenvalue weighted by atomic mass is 32.2. The van der Waals surface area contributed by atoms with Gasteiger partial charge in [0.25, 0.3) is 5.91 Å². The van der Waals surface area contributed by atoms with Gasteiger partial charge in [-0.05, 0) is 102 Å². The summed E-state index contributed by atoms with van der Waals surface area (Å²) in [5.74, 6) is -1.73. The van der Waals surface area contributed by atoms with Crippen molar-refractivity contribution in [3.05, 3.63) is 42.0 Å². The van der Waals surface area contributed by atoms with Crippen LogP contribution in [0.4, 0.5) is 4.79 Å². The molecule has 304 valence electrons. The smallest absolute Gasteiger partial charge is 0.408 e. The maximum absolute atomic E-state index is 14.9. The van der Waals surface area contributed by atoms with Crippen LogP contribution in [0.1, 0.15) is 98.5 Å². The number of hydrogen-bond donors (Lipinski definition) is 3. The van der Waals surface area contributed by atoms with Gasteiger partial charge in [-0.15, -0.1) is 0 Å². The molecule has 2 aliphatic carbocycles. The van der Waals surface area contributed by atoms with Gasteiger partial charge in [0, 0.05) is 23.3 Å². The molecule has 15 heteroatoms. The first-order valence-corrected chi connectivity index (χ1v) is 21.4. The second-order valence-electron chi connectivity index (χ2n) is 17.8. The molecule has 1 saturated heterocycles. The van der Waals surface area contributed by atoms with Crippen molar-refractivity contribution in [2.75, 3.05) is 13.2 Å².